The molecule has 0 atom stereocenters. The third-order valence-electron chi connectivity index (χ3n) is 2.66. The van der Waals surface area contributed by atoms with Gasteiger partial charge in [0.1, 0.15) is 10.6 Å². The number of hydrazine groups is 1. The highest BCUT2D eigenvalue weighted by Crippen LogP contribution is 2.29. The van der Waals surface area contributed by atoms with Crippen LogP contribution < -0.4 is 21.9 Å². The predicted molar refractivity (Wildman–Crippen MR) is 81.8 cm³/mol. The minimum absolute atomic E-state index is 0.0176. The van der Waals surface area contributed by atoms with Gasteiger partial charge in [-0.3, -0.25) is 10.2 Å². The number of hydrogen-bond donors (Lipinski definition) is 4. The van der Waals surface area contributed by atoms with Gasteiger partial charge in [-0.1, -0.05) is 0 Å². The first-order chi connectivity index (χ1) is 9.63. The van der Waals surface area contributed by atoms with Gasteiger partial charge in [-0.05, 0) is 19.9 Å². The Balaban J connectivity index is 2.13. The summed E-state index contributed by atoms with van der Waals surface area (Å²) < 4.78 is 0. The number of amides is 1. The summed E-state index contributed by atoms with van der Waals surface area (Å²) in [4.78, 5) is 22.0. The molecule has 0 spiro atoms. The van der Waals surface area contributed by atoms with Crippen LogP contribution in [-0.4, -0.2) is 29.0 Å². The number of nitrogens with zero attached hydrogens (tertiary/aromatic N) is 2. The summed E-state index contributed by atoms with van der Waals surface area (Å²) in [6.45, 7) is 5.06. The highest BCUT2D eigenvalue weighted by Gasteiger charge is 2.10. The predicted octanol–water partition coefficient (Wildman–Crippen LogP) is 1.22. The number of fused-ring (bicyclic) bond motifs is 1. The maximum atomic E-state index is 11.4. The van der Waals surface area contributed by atoms with Gasteiger partial charge in [-0.2, -0.15) is 4.98 Å². The summed E-state index contributed by atoms with van der Waals surface area (Å²) in [6, 6.07) is 2.02. The van der Waals surface area contributed by atoms with Crippen molar-refractivity contribution in [3.8, 4) is 0 Å². The van der Waals surface area contributed by atoms with Crippen molar-refractivity contribution in [3.05, 3.63) is 10.9 Å². The molecule has 0 radical (unpaired) electrons. The van der Waals surface area contributed by atoms with E-state index in [1.165, 1.54) is 0 Å². The van der Waals surface area contributed by atoms with E-state index in [0.717, 1.165) is 15.1 Å². The van der Waals surface area contributed by atoms with Crippen molar-refractivity contribution in [1.29, 1.82) is 0 Å². The van der Waals surface area contributed by atoms with Crippen LogP contribution in [-0.2, 0) is 4.79 Å². The number of aryl methyl sites for hydroxylation is 1. The Labute approximate surface area is 121 Å². The van der Waals surface area contributed by atoms with Crippen molar-refractivity contribution in [1.82, 2.24) is 15.3 Å². The molecular formula is C12H18N6OS. The van der Waals surface area contributed by atoms with Crippen molar-refractivity contribution in [2.75, 3.05) is 23.8 Å². The van der Waals surface area contributed by atoms with Crippen LogP contribution in [0.1, 0.15) is 18.2 Å². The summed E-state index contributed by atoms with van der Waals surface area (Å²) in [7, 11) is 0. The summed E-state index contributed by atoms with van der Waals surface area (Å²) in [6.07, 6.45) is 0.397. The largest absolute Gasteiger partial charge is 0.369 e. The lowest BCUT2D eigenvalue weighted by Crippen LogP contribution is -2.25. The first-order valence-corrected chi connectivity index (χ1v) is 7.21. The van der Waals surface area contributed by atoms with Gasteiger partial charge in [0.25, 0.3) is 0 Å². The van der Waals surface area contributed by atoms with Crippen LogP contribution in [0.4, 0.5) is 11.8 Å². The molecule has 20 heavy (non-hydrogen) atoms. The molecule has 0 aromatic carbocycles. The molecule has 2 heterocycles. The molecule has 2 rings (SSSR count). The molecule has 0 saturated heterocycles. The average Bonchev–Trinajstić information content (AvgIpc) is 2.79. The van der Waals surface area contributed by atoms with Crippen molar-refractivity contribution < 1.29 is 4.79 Å². The van der Waals surface area contributed by atoms with Gasteiger partial charge in [0.2, 0.25) is 11.9 Å². The molecule has 5 N–H and O–H groups in total. The van der Waals surface area contributed by atoms with E-state index in [2.05, 4.69) is 26.0 Å². The van der Waals surface area contributed by atoms with Gasteiger partial charge in [0, 0.05) is 24.4 Å². The molecule has 7 nitrogen and oxygen atoms in total. The molecule has 8 heteroatoms. The van der Waals surface area contributed by atoms with Gasteiger partial charge in [0.05, 0.1) is 5.39 Å². The number of thiophene rings is 1. The summed E-state index contributed by atoms with van der Waals surface area (Å²) in [5.41, 5.74) is 2.45. The number of anilines is 2. The minimum atomic E-state index is 0.0176. The molecule has 0 bridgehead atoms. The van der Waals surface area contributed by atoms with Crippen LogP contribution in [0.2, 0.25) is 0 Å². The maximum absolute atomic E-state index is 11.4. The Morgan fingerprint density at radius 2 is 2.25 bits per heavy atom. The van der Waals surface area contributed by atoms with Crippen molar-refractivity contribution in [2.45, 2.75) is 20.3 Å². The lowest BCUT2D eigenvalue weighted by atomic mass is 10.3. The number of rotatable bonds is 6. The lowest BCUT2D eigenvalue weighted by molar-refractivity contribution is -0.120. The fourth-order valence-electron chi connectivity index (χ4n) is 1.82. The number of carbonyl (C=O) groups is 1. The number of nitrogens with one attached hydrogen (secondary N) is 3. The fraction of sp³-hybridized carbons (Fsp3) is 0.417. The first kappa shape index (κ1) is 14.5. The Kier molecular flexibility index (Phi) is 4.70. The molecule has 0 aliphatic rings. The molecule has 0 aliphatic heterocycles. The standard InChI is InChI=1S/C12H18N6OS/c1-3-14-9(19)4-5-15-10-8-6-7(2)20-11(8)17-12(16-10)18-13/h6H,3-5,13H2,1-2H3,(H,14,19)(H2,15,16,17,18). The molecule has 108 valence electrons. The van der Waals surface area contributed by atoms with Gasteiger partial charge < -0.3 is 10.6 Å². The summed E-state index contributed by atoms with van der Waals surface area (Å²) in [5.74, 6) is 6.44. The Morgan fingerprint density at radius 3 is 2.95 bits per heavy atom. The smallest absolute Gasteiger partial charge is 0.240 e. The fourth-order valence-corrected chi connectivity index (χ4v) is 2.70. The van der Waals surface area contributed by atoms with Crippen LogP contribution >= 0.6 is 11.3 Å². The Bertz CT molecular complexity index is 611. The topological polar surface area (TPSA) is 105 Å². The molecule has 2 aromatic rings. The molecule has 0 unspecified atom stereocenters. The quantitative estimate of drug-likeness (QED) is 0.472. The highest BCUT2D eigenvalue weighted by molar-refractivity contribution is 7.18. The molecule has 0 aliphatic carbocycles. The molecule has 2 aromatic heterocycles. The van der Waals surface area contributed by atoms with E-state index in [4.69, 9.17) is 5.84 Å². The van der Waals surface area contributed by atoms with Crippen LogP contribution in [0.25, 0.3) is 10.2 Å². The van der Waals surface area contributed by atoms with E-state index in [1.54, 1.807) is 11.3 Å². The highest BCUT2D eigenvalue weighted by atomic mass is 32.1. The zero-order valence-electron chi connectivity index (χ0n) is 11.5. The van der Waals surface area contributed by atoms with Gasteiger partial charge in [0.15, 0.2) is 0 Å². The number of nitrogens with two attached hydrogens (primary N) is 1. The third kappa shape index (κ3) is 3.34. The minimum Gasteiger partial charge on any atom is -0.369 e. The number of nitrogen functional groups attached to an aromatic ring is 1. The second-order valence-electron chi connectivity index (χ2n) is 4.25. The van der Waals surface area contributed by atoms with Crippen molar-refractivity contribution in [2.24, 2.45) is 5.84 Å². The van der Waals surface area contributed by atoms with E-state index in [-0.39, 0.29) is 5.91 Å². The SMILES string of the molecule is CCNC(=O)CCNc1nc(NN)nc2sc(C)cc12. The van der Waals surface area contributed by atoms with Crippen LogP contribution in [0, 0.1) is 6.92 Å². The van der Waals surface area contributed by atoms with Gasteiger partial charge >= 0.3 is 0 Å². The lowest BCUT2D eigenvalue weighted by Gasteiger charge is -2.08. The number of carbonyl (C=O) groups excluding carboxylic acids is 1. The van der Waals surface area contributed by atoms with E-state index in [1.807, 2.05) is 19.9 Å². The number of aromatic nitrogens is 2. The van der Waals surface area contributed by atoms with Gasteiger partial charge in [-0.25, -0.2) is 10.8 Å². The monoisotopic (exact) mass is 294 g/mol. The molecule has 0 saturated carbocycles. The Morgan fingerprint density at radius 1 is 1.45 bits per heavy atom. The second-order valence-corrected chi connectivity index (χ2v) is 5.48. The number of hydrogen-bond acceptors (Lipinski definition) is 7. The Hall–Kier alpha value is -1.93. The first-order valence-electron chi connectivity index (χ1n) is 6.39. The summed E-state index contributed by atoms with van der Waals surface area (Å²) in [5, 5.41) is 6.86. The third-order valence-corrected chi connectivity index (χ3v) is 3.61. The zero-order valence-corrected chi connectivity index (χ0v) is 12.3. The van der Waals surface area contributed by atoms with Crippen LogP contribution in [0.15, 0.2) is 6.07 Å². The van der Waals surface area contributed by atoms with E-state index >= 15 is 0 Å². The van der Waals surface area contributed by atoms with E-state index in [0.29, 0.717) is 31.3 Å². The maximum Gasteiger partial charge on any atom is 0.240 e. The van der Waals surface area contributed by atoms with Crippen molar-refractivity contribution in [3.63, 3.8) is 0 Å². The van der Waals surface area contributed by atoms with Crippen LogP contribution in [0.5, 0.6) is 0 Å². The van der Waals surface area contributed by atoms with Crippen molar-refractivity contribution >= 4 is 39.2 Å². The summed E-state index contributed by atoms with van der Waals surface area (Å²) >= 11 is 1.58. The van der Waals surface area contributed by atoms with Crippen LogP contribution in [0.3, 0.4) is 0 Å². The van der Waals surface area contributed by atoms with E-state index < -0.39 is 0 Å². The zero-order chi connectivity index (χ0) is 14.5. The second kappa shape index (κ2) is 6.49. The van der Waals surface area contributed by atoms with E-state index in [9.17, 15) is 4.79 Å². The molecule has 0 fully saturated rings. The van der Waals surface area contributed by atoms with Gasteiger partial charge in [-0.15, -0.1) is 11.3 Å². The molecule has 1 amide bonds. The molecular weight excluding hydrogens is 276 g/mol. The average molecular weight is 294 g/mol. The normalized spacial score (nSPS) is 10.6.